The fraction of sp³-hybridized carbons (Fsp3) is 0.714. The molecule has 1 rings (SSSR count). The number of hydrogen-bond donors (Lipinski definition) is 1. The van der Waals surface area contributed by atoms with Gasteiger partial charge in [0.25, 0.3) is 0 Å². The summed E-state index contributed by atoms with van der Waals surface area (Å²) in [5.41, 5.74) is 0.249. The van der Waals surface area contributed by atoms with Gasteiger partial charge in [-0.2, -0.15) is 0 Å². The lowest BCUT2D eigenvalue weighted by molar-refractivity contribution is 0.00967. The van der Waals surface area contributed by atoms with E-state index >= 15 is 0 Å². The molecule has 46 valence electrons. The first-order valence-electron chi connectivity index (χ1n) is 2.98. The Balaban J connectivity index is 2.40. The smallest absolute Gasteiger partial charge is 0.0556 e. The van der Waals surface area contributed by atoms with Gasteiger partial charge in [0, 0.05) is 0 Å². The van der Waals surface area contributed by atoms with Crippen molar-refractivity contribution in [3.05, 3.63) is 12.7 Å². The molecule has 1 heteroatoms. The Labute approximate surface area is 50.0 Å². The quantitative estimate of drug-likeness (QED) is 0.507. The Morgan fingerprint density at radius 1 is 1.75 bits per heavy atom. The third-order valence-corrected chi connectivity index (χ3v) is 1.90. The molecule has 0 spiro atoms. The molecule has 0 aromatic heterocycles. The van der Waals surface area contributed by atoms with Crippen LogP contribution < -0.4 is 0 Å². The summed E-state index contributed by atoms with van der Waals surface area (Å²) in [6.07, 6.45) is 3.67. The van der Waals surface area contributed by atoms with Crippen LogP contribution >= 0.6 is 0 Å². The number of allylic oxidation sites excluding steroid dienone is 1. The topological polar surface area (TPSA) is 20.2 Å². The lowest BCUT2D eigenvalue weighted by Crippen LogP contribution is -2.36. The third-order valence-electron chi connectivity index (χ3n) is 1.90. The summed E-state index contributed by atoms with van der Waals surface area (Å²) in [4.78, 5) is 0. The van der Waals surface area contributed by atoms with E-state index in [9.17, 15) is 0 Å². The number of rotatable bonds is 1. The fourth-order valence-electron chi connectivity index (χ4n) is 1.18. The van der Waals surface area contributed by atoms with E-state index < -0.39 is 0 Å². The molecule has 1 aliphatic rings. The molecule has 0 aliphatic heterocycles. The predicted octanol–water partition coefficient (Wildman–Crippen LogP) is 1.33. The van der Waals surface area contributed by atoms with Gasteiger partial charge in [-0.15, -0.1) is 6.58 Å². The Kier molecular flexibility index (Phi) is 1.16. The summed E-state index contributed by atoms with van der Waals surface area (Å²) in [7, 11) is 0. The highest BCUT2D eigenvalue weighted by atomic mass is 16.3. The van der Waals surface area contributed by atoms with E-state index in [-0.39, 0.29) is 11.5 Å². The summed E-state index contributed by atoms with van der Waals surface area (Å²) in [6.45, 7) is 5.80. The van der Waals surface area contributed by atoms with Gasteiger partial charge in [-0.3, -0.25) is 0 Å². The van der Waals surface area contributed by atoms with Gasteiger partial charge in [0.15, 0.2) is 0 Å². The zero-order valence-corrected chi connectivity index (χ0v) is 5.22. The van der Waals surface area contributed by atoms with Gasteiger partial charge in [0.1, 0.15) is 0 Å². The SMILES string of the molecule is C=CC1(C)CC(O)C1. The normalized spacial score (nSPS) is 45.5. The Bertz CT molecular complexity index is 101. The zero-order chi connectivity index (χ0) is 6.20. The molecule has 0 radical (unpaired) electrons. The van der Waals surface area contributed by atoms with Crippen molar-refractivity contribution in [1.82, 2.24) is 0 Å². The van der Waals surface area contributed by atoms with Crippen LogP contribution in [0, 0.1) is 5.41 Å². The van der Waals surface area contributed by atoms with E-state index in [0.29, 0.717) is 0 Å². The first kappa shape index (κ1) is 5.83. The predicted molar refractivity (Wildman–Crippen MR) is 33.5 cm³/mol. The molecule has 0 heterocycles. The summed E-state index contributed by atoms with van der Waals surface area (Å²) in [5.74, 6) is 0. The Hall–Kier alpha value is -0.300. The standard InChI is InChI=1S/C7H12O/c1-3-7(2)4-6(8)5-7/h3,6,8H,1,4-5H2,2H3. The van der Waals surface area contributed by atoms with Crippen LogP contribution in [0.15, 0.2) is 12.7 Å². The largest absolute Gasteiger partial charge is 0.393 e. The number of aliphatic hydroxyl groups is 1. The highest BCUT2D eigenvalue weighted by Gasteiger charge is 2.35. The summed E-state index contributed by atoms with van der Waals surface area (Å²) < 4.78 is 0. The van der Waals surface area contributed by atoms with Gasteiger partial charge in [0.2, 0.25) is 0 Å². The van der Waals surface area contributed by atoms with Gasteiger partial charge in [-0.05, 0) is 18.3 Å². The molecule has 0 unspecified atom stereocenters. The maximum atomic E-state index is 8.87. The summed E-state index contributed by atoms with van der Waals surface area (Å²) >= 11 is 0. The molecule has 0 amide bonds. The Morgan fingerprint density at radius 2 is 2.25 bits per heavy atom. The fourth-order valence-corrected chi connectivity index (χ4v) is 1.18. The molecule has 8 heavy (non-hydrogen) atoms. The average molecular weight is 112 g/mol. The first-order chi connectivity index (χ1) is 3.66. The maximum Gasteiger partial charge on any atom is 0.0556 e. The van der Waals surface area contributed by atoms with Crippen LogP contribution in [0.1, 0.15) is 19.8 Å². The van der Waals surface area contributed by atoms with E-state index in [4.69, 9.17) is 5.11 Å². The highest BCUT2D eigenvalue weighted by molar-refractivity contribution is 5.01. The summed E-state index contributed by atoms with van der Waals surface area (Å²) in [6, 6.07) is 0. The molecule has 0 saturated heterocycles. The minimum atomic E-state index is -0.0574. The second-order valence-electron chi connectivity index (χ2n) is 2.92. The van der Waals surface area contributed by atoms with Crippen molar-refractivity contribution in [3.63, 3.8) is 0 Å². The van der Waals surface area contributed by atoms with Gasteiger partial charge in [-0.25, -0.2) is 0 Å². The minimum absolute atomic E-state index is 0.0574. The van der Waals surface area contributed by atoms with Crippen molar-refractivity contribution in [2.75, 3.05) is 0 Å². The molecule has 0 aromatic rings. The van der Waals surface area contributed by atoms with Crippen molar-refractivity contribution < 1.29 is 5.11 Å². The molecule has 1 nitrogen and oxygen atoms in total. The number of hydrogen-bond acceptors (Lipinski definition) is 1. The molecule has 1 N–H and O–H groups in total. The molecule has 1 saturated carbocycles. The first-order valence-corrected chi connectivity index (χ1v) is 2.98. The Morgan fingerprint density at radius 3 is 2.38 bits per heavy atom. The van der Waals surface area contributed by atoms with Crippen molar-refractivity contribution >= 4 is 0 Å². The molecular weight excluding hydrogens is 100 g/mol. The van der Waals surface area contributed by atoms with Crippen LogP contribution in [0.25, 0.3) is 0 Å². The van der Waals surface area contributed by atoms with Gasteiger partial charge in [-0.1, -0.05) is 13.0 Å². The van der Waals surface area contributed by atoms with Crippen LogP contribution in [0.4, 0.5) is 0 Å². The minimum Gasteiger partial charge on any atom is -0.393 e. The van der Waals surface area contributed by atoms with Crippen molar-refractivity contribution in [2.24, 2.45) is 5.41 Å². The van der Waals surface area contributed by atoms with Gasteiger partial charge >= 0.3 is 0 Å². The zero-order valence-electron chi connectivity index (χ0n) is 5.22. The highest BCUT2D eigenvalue weighted by Crippen LogP contribution is 2.41. The van der Waals surface area contributed by atoms with Gasteiger partial charge in [0.05, 0.1) is 6.10 Å². The molecular formula is C7H12O. The van der Waals surface area contributed by atoms with Crippen molar-refractivity contribution in [2.45, 2.75) is 25.9 Å². The van der Waals surface area contributed by atoms with Crippen molar-refractivity contribution in [1.29, 1.82) is 0 Å². The van der Waals surface area contributed by atoms with Gasteiger partial charge < -0.3 is 5.11 Å². The lowest BCUT2D eigenvalue weighted by Gasteiger charge is -2.39. The van der Waals surface area contributed by atoms with Crippen LogP contribution in [0.3, 0.4) is 0 Å². The molecule has 0 atom stereocenters. The lowest BCUT2D eigenvalue weighted by atomic mass is 9.69. The van der Waals surface area contributed by atoms with Crippen LogP contribution in [-0.4, -0.2) is 11.2 Å². The molecule has 1 fully saturated rings. The molecule has 1 aliphatic carbocycles. The van der Waals surface area contributed by atoms with E-state index in [2.05, 4.69) is 13.5 Å². The average Bonchev–Trinajstić information content (AvgIpc) is 1.63. The van der Waals surface area contributed by atoms with E-state index in [0.717, 1.165) is 12.8 Å². The van der Waals surface area contributed by atoms with Crippen LogP contribution in [-0.2, 0) is 0 Å². The number of aliphatic hydroxyl groups excluding tert-OH is 1. The molecule has 0 bridgehead atoms. The maximum absolute atomic E-state index is 8.87. The van der Waals surface area contributed by atoms with E-state index in [1.54, 1.807) is 0 Å². The monoisotopic (exact) mass is 112 g/mol. The molecule has 0 aromatic carbocycles. The van der Waals surface area contributed by atoms with Crippen LogP contribution in [0.5, 0.6) is 0 Å². The van der Waals surface area contributed by atoms with Crippen molar-refractivity contribution in [3.8, 4) is 0 Å². The second-order valence-corrected chi connectivity index (χ2v) is 2.92. The second kappa shape index (κ2) is 1.59. The third kappa shape index (κ3) is 0.781. The van der Waals surface area contributed by atoms with E-state index in [1.165, 1.54) is 0 Å². The van der Waals surface area contributed by atoms with E-state index in [1.807, 2.05) is 6.08 Å². The van der Waals surface area contributed by atoms with Crippen LogP contribution in [0.2, 0.25) is 0 Å². The summed E-state index contributed by atoms with van der Waals surface area (Å²) in [5, 5.41) is 8.87.